The molecule has 0 bridgehead atoms. The minimum absolute atomic E-state index is 0.0701. The van der Waals surface area contributed by atoms with Crippen LogP contribution in [0.5, 0.6) is 5.75 Å². The van der Waals surface area contributed by atoms with Gasteiger partial charge < -0.3 is 14.4 Å². The number of carbonyl (C=O) groups excluding carboxylic acids is 1. The number of aromatic hydroxyl groups is 1. The molecule has 0 saturated heterocycles. The van der Waals surface area contributed by atoms with E-state index >= 15 is 0 Å². The number of hydrogen-bond acceptors (Lipinski definition) is 5. The lowest BCUT2D eigenvalue weighted by Gasteiger charge is -2.26. The Labute approximate surface area is 262 Å². The summed E-state index contributed by atoms with van der Waals surface area (Å²) >= 11 is 0. The first-order valence-electron chi connectivity index (χ1n) is 15.3. The van der Waals surface area contributed by atoms with Gasteiger partial charge in [0.05, 0.1) is 17.2 Å². The van der Waals surface area contributed by atoms with Gasteiger partial charge in [0.15, 0.2) is 0 Å². The van der Waals surface area contributed by atoms with E-state index in [9.17, 15) is 20.0 Å². The van der Waals surface area contributed by atoms with Crippen molar-refractivity contribution >= 4 is 11.6 Å². The molecule has 1 aromatic heterocycles. The zero-order valence-corrected chi connectivity index (χ0v) is 25.0. The van der Waals surface area contributed by atoms with Crippen LogP contribution in [0.2, 0.25) is 0 Å². The summed E-state index contributed by atoms with van der Waals surface area (Å²) in [6.45, 7) is 2.04. The van der Waals surface area contributed by atoms with Gasteiger partial charge >= 0.3 is 5.63 Å². The van der Waals surface area contributed by atoms with E-state index in [0.717, 1.165) is 17.5 Å². The van der Waals surface area contributed by atoms with Crippen molar-refractivity contribution in [2.45, 2.75) is 44.1 Å². The molecule has 1 aliphatic carbocycles. The van der Waals surface area contributed by atoms with Crippen molar-refractivity contribution in [2.75, 3.05) is 4.90 Å². The SMILES string of the molecule is CCC(Cc1ccccc1)c1cc(O)c(C(c2ccccc2)C2CC2N(C(=O)c2ccccc2)c2ccc(C#N)cc2)c(=O)o1. The predicted octanol–water partition coefficient (Wildman–Crippen LogP) is 7.82. The molecular formula is C39H34N2O4. The molecule has 1 N–H and O–H groups in total. The number of hydrogen-bond donors (Lipinski definition) is 1. The molecule has 1 saturated carbocycles. The number of benzene rings is 4. The number of carbonyl (C=O) groups is 1. The molecule has 6 rings (SSSR count). The van der Waals surface area contributed by atoms with Crippen molar-refractivity contribution in [1.82, 2.24) is 0 Å². The molecule has 4 aromatic carbocycles. The van der Waals surface area contributed by atoms with Gasteiger partial charge in [-0.2, -0.15) is 5.26 Å². The quantitative estimate of drug-likeness (QED) is 0.178. The van der Waals surface area contributed by atoms with Gasteiger partial charge in [0.1, 0.15) is 11.5 Å². The van der Waals surface area contributed by atoms with Crippen LogP contribution in [-0.4, -0.2) is 17.1 Å². The number of nitrogens with zero attached hydrogens (tertiary/aromatic N) is 2. The predicted molar refractivity (Wildman–Crippen MR) is 174 cm³/mol. The standard InChI is InChI=1S/C39H34N2O4/c1-2-28(22-26-12-6-3-7-13-26)35-24-34(42)37(39(44)45-35)36(29-14-8-4-9-15-29)32-23-33(32)41(31-20-18-27(25-40)19-21-31)38(43)30-16-10-5-11-17-30/h3-21,24,28,32-33,36,42H,2,22-23H2,1H3. The Hall–Kier alpha value is -5.41. The molecule has 224 valence electrons. The summed E-state index contributed by atoms with van der Waals surface area (Å²) in [6.07, 6.45) is 2.04. The molecule has 6 nitrogen and oxygen atoms in total. The number of nitriles is 1. The first-order valence-corrected chi connectivity index (χ1v) is 15.3. The second kappa shape index (κ2) is 13.1. The van der Waals surface area contributed by atoms with Crippen molar-refractivity contribution in [3.8, 4) is 11.8 Å². The van der Waals surface area contributed by atoms with Gasteiger partial charge in [0.2, 0.25) is 0 Å². The van der Waals surface area contributed by atoms with Crippen LogP contribution in [-0.2, 0) is 6.42 Å². The molecular weight excluding hydrogens is 560 g/mol. The van der Waals surface area contributed by atoms with E-state index in [0.29, 0.717) is 35.4 Å². The second-order valence-corrected chi connectivity index (χ2v) is 11.6. The maximum Gasteiger partial charge on any atom is 0.343 e. The van der Waals surface area contributed by atoms with Gasteiger partial charge in [-0.25, -0.2) is 4.79 Å². The van der Waals surface area contributed by atoms with Crippen LogP contribution in [0.3, 0.4) is 0 Å². The Balaban J connectivity index is 1.38. The van der Waals surface area contributed by atoms with Gasteiger partial charge in [-0.15, -0.1) is 0 Å². The van der Waals surface area contributed by atoms with E-state index in [1.54, 1.807) is 47.4 Å². The summed E-state index contributed by atoms with van der Waals surface area (Å²) in [5, 5.41) is 20.9. The molecule has 4 unspecified atom stereocenters. The van der Waals surface area contributed by atoms with Crippen LogP contribution in [0, 0.1) is 17.2 Å². The van der Waals surface area contributed by atoms with Gasteiger partial charge in [-0.1, -0.05) is 85.8 Å². The first-order chi connectivity index (χ1) is 22.0. The minimum Gasteiger partial charge on any atom is -0.507 e. The normalized spacial score (nSPS) is 16.7. The Morgan fingerprint density at radius 3 is 2.16 bits per heavy atom. The topological polar surface area (TPSA) is 94.5 Å². The molecule has 4 atom stereocenters. The molecule has 0 spiro atoms. The number of amides is 1. The van der Waals surface area contributed by atoms with Crippen LogP contribution in [0.15, 0.2) is 131 Å². The third-order valence-electron chi connectivity index (χ3n) is 8.75. The van der Waals surface area contributed by atoms with E-state index in [1.807, 2.05) is 85.8 Å². The highest BCUT2D eigenvalue weighted by atomic mass is 16.4. The monoisotopic (exact) mass is 594 g/mol. The first kappa shape index (κ1) is 29.7. The maximum atomic E-state index is 14.0. The van der Waals surface area contributed by atoms with Crippen LogP contribution in [0.4, 0.5) is 5.69 Å². The number of rotatable bonds is 10. The number of anilines is 1. The molecule has 1 fully saturated rings. The summed E-state index contributed by atoms with van der Waals surface area (Å²) in [6, 6.07) is 39.2. The minimum atomic E-state index is -0.560. The Kier molecular flexibility index (Phi) is 8.61. The fraction of sp³-hybridized carbons (Fsp3) is 0.205. The van der Waals surface area contributed by atoms with Crippen LogP contribution in [0.1, 0.15) is 70.0 Å². The molecule has 5 aromatic rings. The summed E-state index contributed by atoms with van der Waals surface area (Å²) in [5.74, 6) is -0.532. The van der Waals surface area contributed by atoms with Crippen LogP contribution in [0.25, 0.3) is 0 Å². The van der Waals surface area contributed by atoms with E-state index in [1.165, 1.54) is 0 Å². The van der Waals surface area contributed by atoms with Crippen LogP contribution < -0.4 is 10.5 Å². The fourth-order valence-electron chi connectivity index (χ4n) is 6.36. The highest BCUT2D eigenvalue weighted by molar-refractivity contribution is 6.07. The highest BCUT2D eigenvalue weighted by Gasteiger charge is 2.51. The average Bonchev–Trinajstić information content (AvgIpc) is 3.86. The summed E-state index contributed by atoms with van der Waals surface area (Å²) < 4.78 is 5.99. The average molecular weight is 595 g/mol. The molecule has 1 aliphatic rings. The van der Waals surface area contributed by atoms with Crippen molar-refractivity contribution in [2.24, 2.45) is 5.92 Å². The van der Waals surface area contributed by atoms with E-state index in [-0.39, 0.29) is 35.1 Å². The zero-order chi connectivity index (χ0) is 31.3. The van der Waals surface area contributed by atoms with E-state index in [4.69, 9.17) is 4.42 Å². The Bertz CT molecular complexity index is 1860. The van der Waals surface area contributed by atoms with Gasteiger partial charge in [0.25, 0.3) is 5.91 Å². The summed E-state index contributed by atoms with van der Waals surface area (Å²) in [7, 11) is 0. The van der Waals surface area contributed by atoms with Crippen molar-refractivity contribution < 1.29 is 14.3 Å². The van der Waals surface area contributed by atoms with Gasteiger partial charge in [-0.05, 0) is 72.7 Å². The third-order valence-corrected chi connectivity index (χ3v) is 8.75. The van der Waals surface area contributed by atoms with Gasteiger partial charge in [-0.3, -0.25) is 4.79 Å². The van der Waals surface area contributed by atoms with Crippen molar-refractivity contribution in [3.05, 3.63) is 165 Å². The van der Waals surface area contributed by atoms with E-state index < -0.39 is 11.5 Å². The molecule has 0 aliphatic heterocycles. The highest BCUT2D eigenvalue weighted by Crippen LogP contribution is 2.51. The van der Waals surface area contributed by atoms with Gasteiger partial charge in [0, 0.05) is 35.2 Å². The smallest absolute Gasteiger partial charge is 0.343 e. The summed E-state index contributed by atoms with van der Waals surface area (Å²) in [4.78, 5) is 29.6. The van der Waals surface area contributed by atoms with Crippen LogP contribution >= 0.6 is 0 Å². The largest absolute Gasteiger partial charge is 0.507 e. The lowest BCUT2D eigenvalue weighted by atomic mass is 9.86. The molecule has 1 heterocycles. The second-order valence-electron chi connectivity index (χ2n) is 11.6. The fourth-order valence-corrected chi connectivity index (χ4v) is 6.36. The zero-order valence-electron chi connectivity index (χ0n) is 25.0. The lowest BCUT2D eigenvalue weighted by Crippen LogP contribution is -2.35. The Morgan fingerprint density at radius 2 is 1.56 bits per heavy atom. The lowest BCUT2D eigenvalue weighted by molar-refractivity contribution is 0.0983. The molecule has 45 heavy (non-hydrogen) atoms. The van der Waals surface area contributed by atoms with Crippen molar-refractivity contribution in [3.63, 3.8) is 0 Å². The third kappa shape index (κ3) is 6.30. The Morgan fingerprint density at radius 1 is 0.933 bits per heavy atom. The van der Waals surface area contributed by atoms with E-state index in [2.05, 4.69) is 6.07 Å². The molecule has 1 amide bonds. The molecule has 6 heteroatoms. The maximum absolute atomic E-state index is 14.0. The van der Waals surface area contributed by atoms with Crippen molar-refractivity contribution in [1.29, 1.82) is 5.26 Å². The molecule has 0 radical (unpaired) electrons. The summed E-state index contributed by atoms with van der Waals surface area (Å²) in [5.41, 5.74) is 3.35.